The van der Waals surface area contributed by atoms with Crippen LogP contribution in [0.25, 0.3) is 0 Å². The number of allylic oxidation sites excluding steroid dienone is 1. The summed E-state index contributed by atoms with van der Waals surface area (Å²) in [5.41, 5.74) is 0. The predicted octanol–water partition coefficient (Wildman–Crippen LogP) is 2.22. The van der Waals surface area contributed by atoms with E-state index < -0.39 is 0 Å². The first-order chi connectivity index (χ1) is 6.00. The first-order valence-corrected chi connectivity index (χ1v) is 15.5. The fourth-order valence-electron chi connectivity index (χ4n) is 1.15. The zero-order chi connectivity index (χ0) is 8.49. The summed E-state index contributed by atoms with van der Waals surface area (Å²) >= 11 is 2.98. The van der Waals surface area contributed by atoms with Gasteiger partial charge in [0.15, 0.2) is 0 Å². The SMILES string of the molecule is C1=C\[Se][Se][Se]CCCCCCC/1. The Bertz CT molecular complexity index is 109. The molecule has 0 nitrogen and oxygen atoms in total. The van der Waals surface area contributed by atoms with E-state index in [2.05, 4.69) is 11.1 Å². The van der Waals surface area contributed by atoms with Crippen LogP contribution in [0.4, 0.5) is 0 Å². The van der Waals surface area contributed by atoms with Gasteiger partial charge >= 0.3 is 92.5 Å². The molecular formula is C9H16Se3. The Balaban J connectivity index is 2.10. The van der Waals surface area contributed by atoms with Crippen molar-refractivity contribution in [3.8, 4) is 0 Å². The van der Waals surface area contributed by atoms with Crippen LogP contribution in [0.15, 0.2) is 11.1 Å². The molecule has 0 fully saturated rings. The van der Waals surface area contributed by atoms with Gasteiger partial charge in [-0.1, -0.05) is 0 Å². The summed E-state index contributed by atoms with van der Waals surface area (Å²) in [5, 5.41) is 1.57. The summed E-state index contributed by atoms with van der Waals surface area (Å²) in [7, 11) is 0. The van der Waals surface area contributed by atoms with Crippen molar-refractivity contribution >= 4 is 37.6 Å². The van der Waals surface area contributed by atoms with Crippen LogP contribution >= 0.6 is 0 Å². The van der Waals surface area contributed by atoms with E-state index in [4.69, 9.17) is 0 Å². The van der Waals surface area contributed by atoms with Gasteiger partial charge in [-0.3, -0.25) is 0 Å². The number of rotatable bonds is 0. The van der Waals surface area contributed by atoms with Gasteiger partial charge in [-0.15, -0.1) is 0 Å². The molecule has 3 heteroatoms. The Morgan fingerprint density at radius 2 is 1.75 bits per heavy atom. The molecule has 0 radical (unpaired) electrons. The van der Waals surface area contributed by atoms with E-state index in [1.807, 2.05) is 0 Å². The second kappa shape index (κ2) is 8.88. The molecule has 0 spiro atoms. The first-order valence-electron chi connectivity index (χ1n) is 4.60. The molecule has 0 aliphatic carbocycles. The maximum atomic E-state index is 2.48. The van der Waals surface area contributed by atoms with Gasteiger partial charge in [-0.2, -0.15) is 0 Å². The Morgan fingerprint density at radius 1 is 0.917 bits per heavy atom. The van der Waals surface area contributed by atoms with Crippen molar-refractivity contribution in [3.05, 3.63) is 11.1 Å². The molecule has 0 aromatic heterocycles. The predicted molar refractivity (Wildman–Crippen MR) is 58.9 cm³/mol. The van der Waals surface area contributed by atoms with Crippen molar-refractivity contribution in [2.24, 2.45) is 0 Å². The monoisotopic (exact) mass is 364 g/mol. The van der Waals surface area contributed by atoms with E-state index in [0.29, 0.717) is 0 Å². The third kappa shape index (κ3) is 6.78. The standard InChI is InChI=1S/C9H16Se3/c1-2-4-6-8-10-12-11-9-7-5-3-1/h6,8H,1-5,7,9H2/b8-6-. The fraction of sp³-hybridized carbons (Fsp3) is 0.778. The Labute approximate surface area is 91.9 Å². The van der Waals surface area contributed by atoms with Gasteiger partial charge in [-0.25, -0.2) is 0 Å². The Kier molecular flexibility index (Phi) is 8.41. The van der Waals surface area contributed by atoms with Gasteiger partial charge in [0.1, 0.15) is 0 Å². The van der Waals surface area contributed by atoms with Crippen molar-refractivity contribution < 1.29 is 0 Å². The average molecular weight is 361 g/mol. The molecular weight excluding hydrogens is 345 g/mol. The Morgan fingerprint density at radius 3 is 2.75 bits per heavy atom. The molecule has 0 amide bonds. The van der Waals surface area contributed by atoms with Gasteiger partial charge in [0.25, 0.3) is 0 Å². The van der Waals surface area contributed by atoms with Crippen LogP contribution in [-0.2, 0) is 0 Å². The van der Waals surface area contributed by atoms with E-state index in [1.54, 1.807) is 5.32 Å². The molecule has 1 rings (SSSR count). The molecule has 0 saturated carbocycles. The number of hydrogen-bond donors (Lipinski definition) is 0. The van der Waals surface area contributed by atoms with Crippen LogP contribution in [0.5, 0.6) is 0 Å². The third-order valence-corrected chi connectivity index (χ3v) is 18.6. The van der Waals surface area contributed by atoms with Gasteiger partial charge in [0.2, 0.25) is 0 Å². The molecule has 0 N–H and O–H groups in total. The molecule has 70 valence electrons. The second-order valence-corrected chi connectivity index (χ2v) is 19.4. The van der Waals surface area contributed by atoms with E-state index in [9.17, 15) is 0 Å². The summed E-state index contributed by atoms with van der Waals surface area (Å²) in [5.74, 6) is 0. The van der Waals surface area contributed by atoms with Crippen LogP contribution in [0.3, 0.4) is 0 Å². The normalized spacial score (nSPS) is 25.3. The number of hydrogen-bond acceptors (Lipinski definition) is 0. The van der Waals surface area contributed by atoms with Crippen LogP contribution in [0.1, 0.15) is 38.5 Å². The minimum atomic E-state index is 0.909. The van der Waals surface area contributed by atoms with E-state index in [1.165, 1.54) is 38.5 Å². The van der Waals surface area contributed by atoms with E-state index in [-0.39, 0.29) is 0 Å². The summed E-state index contributed by atoms with van der Waals surface area (Å²) in [4.78, 5) is 2.48. The maximum absolute atomic E-state index is 2.48. The van der Waals surface area contributed by atoms with Gasteiger partial charge < -0.3 is 0 Å². The zero-order valence-corrected chi connectivity index (χ0v) is 12.5. The average Bonchev–Trinajstić information content (AvgIpc) is 2.05. The summed E-state index contributed by atoms with van der Waals surface area (Å²) in [6, 6.07) is 0. The summed E-state index contributed by atoms with van der Waals surface area (Å²) in [6.45, 7) is 0. The molecule has 0 atom stereocenters. The minimum absolute atomic E-state index is 0.909. The van der Waals surface area contributed by atoms with Crippen LogP contribution in [0.2, 0.25) is 5.32 Å². The van der Waals surface area contributed by atoms with Gasteiger partial charge in [-0.05, 0) is 0 Å². The quantitative estimate of drug-likeness (QED) is 0.581. The molecule has 0 aromatic rings. The summed E-state index contributed by atoms with van der Waals surface area (Å²) < 4.78 is 0. The van der Waals surface area contributed by atoms with Gasteiger partial charge in [0, 0.05) is 0 Å². The van der Waals surface area contributed by atoms with Crippen molar-refractivity contribution in [2.75, 3.05) is 0 Å². The molecule has 0 saturated heterocycles. The van der Waals surface area contributed by atoms with Gasteiger partial charge in [0.05, 0.1) is 0 Å². The first kappa shape index (κ1) is 11.4. The third-order valence-electron chi connectivity index (χ3n) is 1.84. The molecule has 1 aliphatic rings. The van der Waals surface area contributed by atoms with Crippen LogP contribution in [-0.4, -0.2) is 37.6 Å². The Hall–Kier alpha value is 1.30. The molecule has 12 heavy (non-hydrogen) atoms. The van der Waals surface area contributed by atoms with E-state index >= 15 is 0 Å². The van der Waals surface area contributed by atoms with E-state index in [0.717, 1.165) is 37.6 Å². The van der Waals surface area contributed by atoms with Crippen molar-refractivity contribution in [3.63, 3.8) is 0 Å². The zero-order valence-electron chi connectivity index (χ0n) is 7.33. The molecule has 0 bridgehead atoms. The van der Waals surface area contributed by atoms with Crippen LogP contribution < -0.4 is 0 Å². The molecule has 1 aliphatic heterocycles. The summed E-state index contributed by atoms with van der Waals surface area (Å²) in [6.07, 6.45) is 11.2. The second-order valence-electron chi connectivity index (χ2n) is 2.91. The van der Waals surface area contributed by atoms with Crippen LogP contribution in [0, 0.1) is 0 Å². The molecule has 0 aromatic carbocycles. The van der Waals surface area contributed by atoms with Crippen molar-refractivity contribution in [2.45, 2.75) is 43.8 Å². The van der Waals surface area contributed by atoms with Crippen molar-refractivity contribution in [1.29, 1.82) is 0 Å². The topological polar surface area (TPSA) is 0 Å². The van der Waals surface area contributed by atoms with Crippen molar-refractivity contribution in [1.82, 2.24) is 0 Å². The molecule has 1 heterocycles. The fourth-order valence-corrected chi connectivity index (χ4v) is 16.2. The molecule has 0 unspecified atom stereocenters.